The summed E-state index contributed by atoms with van der Waals surface area (Å²) in [7, 11) is 1.71. The second-order valence-electron chi connectivity index (χ2n) is 1.95. The van der Waals surface area contributed by atoms with Crippen LogP contribution in [0.25, 0.3) is 0 Å². The normalized spacial score (nSPS) is 11.6. The Morgan fingerprint density at radius 2 is 2.18 bits per heavy atom. The monoisotopic (exact) mass is 150 g/mol. The van der Waals surface area contributed by atoms with Gasteiger partial charge in [-0.3, -0.25) is 4.99 Å². The highest BCUT2D eigenvalue weighted by atomic mass is 15.0. The van der Waals surface area contributed by atoms with E-state index in [1.807, 2.05) is 13.0 Å². The second kappa shape index (κ2) is 5.47. The van der Waals surface area contributed by atoms with Gasteiger partial charge in [0.15, 0.2) is 0 Å². The average molecular weight is 150 g/mol. The van der Waals surface area contributed by atoms with Gasteiger partial charge in [0, 0.05) is 12.6 Å². The van der Waals surface area contributed by atoms with Crippen LogP contribution < -0.4 is 5.32 Å². The largest absolute Gasteiger partial charge is 0.347 e. The van der Waals surface area contributed by atoms with Crippen LogP contribution in [0, 0.1) is 0 Å². The zero-order valence-electron chi connectivity index (χ0n) is 7.09. The van der Waals surface area contributed by atoms with E-state index < -0.39 is 0 Å². The summed E-state index contributed by atoms with van der Waals surface area (Å²) in [5.74, 6) is 0.748. The molecule has 0 radical (unpaired) electrons. The van der Waals surface area contributed by atoms with E-state index in [1.54, 1.807) is 19.3 Å². The van der Waals surface area contributed by atoms with Gasteiger partial charge in [-0.2, -0.15) is 0 Å². The molecule has 0 aliphatic carbocycles. The number of allylic oxidation sites excluding steroid dienone is 1. The molecule has 0 heterocycles. The first-order chi connectivity index (χ1) is 5.26. The van der Waals surface area contributed by atoms with Crippen LogP contribution in [-0.2, 0) is 0 Å². The minimum atomic E-state index is 0.748. The molecule has 11 heavy (non-hydrogen) atoms. The minimum Gasteiger partial charge on any atom is -0.347 e. The highest BCUT2D eigenvalue weighted by Gasteiger charge is 1.94. The van der Waals surface area contributed by atoms with Crippen molar-refractivity contribution in [2.45, 2.75) is 6.92 Å². The Balaban J connectivity index is 4.19. The van der Waals surface area contributed by atoms with Crippen molar-refractivity contribution in [2.75, 3.05) is 7.05 Å². The Morgan fingerprint density at radius 3 is 2.55 bits per heavy atom. The van der Waals surface area contributed by atoms with Crippen LogP contribution in [0.4, 0.5) is 0 Å². The molecule has 0 atom stereocenters. The first-order valence-corrected chi connectivity index (χ1v) is 3.42. The third kappa shape index (κ3) is 3.40. The molecule has 0 aliphatic rings. The number of hydrogen-bond acceptors (Lipinski definition) is 1. The smallest absolute Gasteiger partial charge is 0.131 e. The lowest BCUT2D eigenvalue weighted by Crippen LogP contribution is -2.17. The molecule has 0 rings (SSSR count). The summed E-state index contributed by atoms with van der Waals surface area (Å²) >= 11 is 0. The van der Waals surface area contributed by atoms with Crippen LogP contribution in [0.15, 0.2) is 42.1 Å². The number of nitrogens with zero attached hydrogens (tertiary/aromatic N) is 1. The Kier molecular flexibility index (Phi) is 4.82. The summed E-state index contributed by atoms with van der Waals surface area (Å²) in [5.41, 5.74) is 0.797. The van der Waals surface area contributed by atoms with Crippen molar-refractivity contribution in [1.82, 2.24) is 5.32 Å². The van der Waals surface area contributed by atoms with E-state index in [0.717, 1.165) is 11.4 Å². The molecule has 0 aromatic rings. The van der Waals surface area contributed by atoms with E-state index in [4.69, 9.17) is 0 Å². The lowest BCUT2D eigenvalue weighted by atomic mass is 10.3. The molecule has 0 fully saturated rings. The van der Waals surface area contributed by atoms with Gasteiger partial charge in [0.2, 0.25) is 0 Å². The van der Waals surface area contributed by atoms with E-state index >= 15 is 0 Å². The Bertz CT molecular complexity index is 200. The highest BCUT2D eigenvalue weighted by Crippen LogP contribution is 1.92. The molecular formula is C9H14N2. The van der Waals surface area contributed by atoms with Crippen molar-refractivity contribution < 1.29 is 0 Å². The van der Waals surface area contributed by atoms with Gasteiger partial charge >= 0.3 is 0 Å². The quantitative estimate of drug-likeness (QED) is 0.371. The van der Waals surface area contributed by atoms with Gasteiger partial charge in [-0.1, -0.05) is 25.3 Å². The van der Waals surface area contributed by atoms with E-state index in [2.05, 4.69) is 23.5 Å². The number of nitrogens with one attached hydrogen (secondary N) is 1. The lowest BCUT2D eigenvalue weighted by molar-refractivity contribution is 1.22. The molecule has 2 nitrogen and oxygen atoms in total. The van der Waals surface area contributed by atoms with Crippen LogP contribution in [0.3, 0.4) is 0 Å². The van der Waals surface area contributed by atoms with Crippen molar-refractivity contribution in [3.05, 3.63) is 37.1 Å². The third-order valence-electron chi connectivity index (χ3n) is 1.16. The van der Waals surface area contributed by atoms with Crippen molar-refractivity contribution in [3.63, 3.8) is 0 Å². The molecule has 0 amide bonds. The van der Waals surface area contributed by atoms with Gasteiger partial charge in [0.1, 0.15) is 5.84 Å². The molecule has 0 spiro atoms. The fourth-order valence-electron chi connectivity index (χ4n) is 0.560. The topological polar surface area (TPSA) is 24.4 Å². The summed E-state index contributed by atoms with van der Waals surface area (Å²) in [5, 5.41) is 2.97. The molecule has 2 heteroatoms. The number of amidine groups is 1. The van der Waals surface area contributed by atoms with Crippen molar-refractivity contribution >= 4 is 5.84 Å². The zero-order valence-corrected chi connectivity index (χ0v) is 7.09. The van der Waals surface area contributed by atoms with Crippen LogP contribution in [-0.4, -0.2) is 12.9 Å². The summed E-state index contributed by atoms with van der Waals surface area (Å²) in [6, 6.07) is 0. The Morgan fingerprint density at radius 1 is 1.55 bits per heavy atom. The first kappa shape index (κ1) is 9.69. The molecule has 0 bridgehead atoms. The van der Waals surface area contributed by atoms with E-state index in [-0.39, 0.29) is 0 Å². The fourth-order valence-corrected chi connectivity index (χ4v) is 0.560. The maximum Gasteiger partial charge on any atom is 0.131 e. The van der Waals surface area contributed by atoms with Gasteiger partial charge in [-0.25, -0.2) is 0 Å². The van der Waals surface area contributed by atoms with Gasteiger partial charge in [-0.15, -0.1) is 0 Å². The van der Waals surface area contributed by atoms with E-state index in [0.29, 0.717) is 0 Å². The van der Waals surface area contributed by atoms with E-state index in [1.165, 1.54) is 0 Å². The molecule has 0 aromatic carbocycles. The van der Waals surface area contributed by atoms with Crippen molar-refractivity contribution in [2.24, 2.45) is 4.99 Å². The summed E-state index contributed by atoms with van der Waals surface area (Å²) < 4.78 is 0. The van der Waals surface area contributed by atoms with Crippen LogP contribution in [0.1, 0.15) is 6.92 Å². The number of aliphatic imine (C=N–C) groups is 1. The molecule has 0 aromatic heterocycles. The Labute approximate surface area is 68.0 Å². The molecule has 0 saturated heterocycles. The molecular weight excluding hydrogens is 136 g/mol. The predicted octanol–water partition coefficient (Wildman–Crippen LogP) is 1.88. The molecule has 0 aliphatic heterocycles. The lowest BCUT2D eigenvalue weighted by Gasteiger charge is -2.02. The Hall–Kier alpha value is -1.31. The minimum absolute atomic E-state index is 0.748. The molecule has 0 saturated carbocycles. The van der Waals surface area contributed by atoms with Gasteiger partial charge in [0.25, 0.3) is 0 Å². The van der Waals surface area contributed by atoms with Gasteiger partial charge in [-0.05, 0) is 13.1 Å². The van der Waals surface area contributed by atoms with Crippen LogP contribution >= 0.6 is 0 Å². The maximum atomic E-state index is 3.98. The first-order valence-electron chi connectivity index (χ1n) is 3.42. The maximum absolute atomic E-state index is 3.98. The number of rotatable bonds is 3. The van der Waals surface area contributed by atoms with Crippen molar-refractivity contribution in [3.8, 4) is 0 Å². The predicted molar refractivity (Wildman–Crippen MR) is 50.6 cm³/mol. The standard InChI is InChI=1S/C9H14N2/c1-5-7-11-9(10-4)8(3)6-2/h5-7H,2-3H2,1,4H3,(H,10,11)/b7-5-. The van der Waals surface area contributed by atoms with Crippen LogP contribution in [0.2, 0.25) is 0 Å². The summed E-state index contributed by atoms with van der Waals surface area (Å²) in [6.07, 6.45) is 5.36. The summed E-state index contributed by atoms with van der Waals surface area (Å²) in [4.78, 5) is 3.98. The molecule has 1 N–H and O–H groups in total. The third-order valence-corrected chi connectivity index (χ3v) is 1.16. The summed E-state index contributed by atoms with van der Waals surface area (Å²) in [6.45, 7) is 9.27. The van der Waals surface area contributed by atoms with Gasteiger partial charge in [0.05, 0.1) is 0 Å². The van der Waals surface area contributed by atoms with Crippen molar-refractivity contribution in [1.29, 1.82) is 0 Å². The van der Waals surface area contributed by atoms with Gasteiger partial charge < -0.3 is 5.32 Å². The number of hydrogen-bond donors (Lipinski definition) is 1. The van der Waals surface area contributed by atoms with E-state index in [9.17, 15) is 0 Å². The second-order valence-corrected chi connectivity index (χ2v) is 1.95. The SMILES string of the molecule is C=CC(=C)C(=NC)N/C=C\C. The fraction of sp³-hybridized carbons (Fsp3) is 0.222. The van der Waals surface area contributed by atoms with Crippen LogP contribution in [0.5, 0.6) is 0 Å². The molecule has 0 unspecified atom stereocenters. The molecule has 60 valence electrons. The highest BCUT2D eigenvalue weighted by molar-refractivity contribution is 6.00. The zero-order chi connectivity index (χ0) is 8.69. The average Bonchev–Trinajstić information content (AvgIpc) is 2.05.